The van der Waals surface area contributed by atoms with Crippen LogP contribution >= 0.6 is 11.3 Å². The smallest absolute Gasteiger partial charge is 0.162 e. The van der Waals surface area contributed by atoms with Crippen LogP contribution < -0.4 is 0 Å². The van der Waals surface area contributed by atoms with Crippen LogP contribution in [0.3, 0.4) is 0 Å². The van der Waals surface area contributed by atoms with Crippen molar-refractivity contribution in [3.8, 4) is 11.3 Å². The van der Waals surface area contributed by atoms with Crippen molar-refractivity contribution >= 4 is 17.6 Å². The van der Waals surface area contributed by atoms with Crippen LogP contribution in [0.15, 0.2) is 12.1 Å². The molecule has 2 rings (SSSR count). The molecule has 3 heteroatoms. The van der Waals surface area contributed by atoms with E-state index in [1.54, 1.807) is 0 Å². The first-order valence-corrected chi connectivity index (χ1v) is 6.35. The third kappa shape index (κ3) is 2.15. The zero-order valence-corrected chi connectivity index (χ0v) is 11.3. The van der Waals surface area contributed by atoms with Gasteiger partial charge in [-0.1, -0.05) is 17.7 Å². The summed E-state index contributed by atoms with van der Waals surface area (Å²) < 4.78 is 0. The summed E-state index contributed by atoms with van der Waals surface area (Å²) in [6.45, 7) is 8.15. The Labute approximate surface area is 105 Å². The molecule has 2 nitrogen and oxygen atoms in total. The Balaban J connectivity index is 2.72. The zero-order valence-electron chi connectivity index (χ0n) is 10.5. The normalized spacial score (nSPS) is 10.6. The number of aldehydes is 1. The predicted octanol–water partition coefficient (Wildman–Crippen LogP) is 3.86. The molecule has 1 heterocycles. The van der Waals surface area contributed by atoms with Crippen LogP contribution in [0.5, 0.6) is 0 Å². The molecule has 17 heavy (non-hydrogen) atoms. The number of rotatable bonds is 2. The Morgan fingerprint density at radius 3 is 2.24 bits per heavy atom. The fraction of sp³-hybridized carbons (Fsp3) is 0.286. The van der Waals surface area contributed by atoms with E-state index in [4.69, 9.17) is 0 Å². The lowest BCUT2D eigenvalue weighted by atomic mass is 9.97. The summed E-state index contributed by atoms with van der Waals surface area (Å²) in [4.78, 5) is 16.3. The van der Waals surface area contributed by atoms with Gasteiger partial charge in [-0.3, -0.25) is 4.79 Å². The maximum absolute atomic E-state index is 11.1. The van der Waals surface area contributed by atoms with E-state index in [2.05, 4.69) is 37.9 Å². The summed E-state index contributed by atoms with van der Waals surface area (Å²) in [5.41, 5.74) is 5.52. The SMILES string of the molecule is Cc1cc(C)c(-c2nc(C)sc2C=O)c(C)c1. The lowest BCUT2D eigenvalue weighted by Crippen LogP contribution is -1.93. The number of aromatic nitrogens is 1. The first-order chi connectivity index (χ1) is 8.02. The third-order valence-electron chi connectivity index (χ3n) is 2.78. The van der Waals surface area contributed by atoms with Crippen molar-refractivity contribution in [3.63, 3.8) is 0 Å². The molecule has 0 saturated carbocycles. The molecular weight excluding hydrogens is 230 g/mol. The van der Waals surface area contributed by atoms with Gasteiger partial charge in [-0.2, -0.15) is 0 Å². The maximum Gasteiger partial charge on any atom is 0.162 e. The number of hydrogen-bond donors (Lipinski definition) is 0. The number of benzene rings is 1. The van der Waals surface area contributed by atoms with Crippen molar-refractivity contribution in [3.05, 3.63) is 38.7 Å². The summed E-state index contributed by atoms with van der Waals surface area (Å²) in [5, 5.41) is 0.932. The lowest BCUT2D eigenvalue weighted by molar-refractivity contribution is 0.112. The van der Waals surface area contributed by atoms with Gasteiger partial charge in [0.2, 0.25) is 0 Å². The van der Waals surface area contributed by atoms with Gasteiger partial charge in [0.15, 0.2) is 6.29 Å². The molecule has 0 atom stereocenters. The third-order valence-corrected chi connectivity index (χ3v) is 3.68. The molecule has 1 aromatic heterocycles. The monoisotopic (exact) mass is 245 g/mol. The highest BCUT2D eigenvalue weighted by molar-refractivity contribution is 7.13. The molecule has 0 fully saturated rings. The van der Waals surface area contributed by atoms with Gasteiger partial charge in [-0.15, -0.1) is 11.3 Å². The molecule has 0 radical (unpaired) electrons. The molecule has 0 aliphatic heterocycles. The molecule has 0 aliphatic carbocycles. The first kappa shape index (κ1) is 12.0. The van der Waals surface area contributed by atoms with Crippen LogP contribution in [0, 0.1) is 27.7 Å². The van der Waals surface area contributed by atoms with Gasteiger partial charge in [0, 0.05) is 5.56 Å². The van der Waals surface area contributed by atoms with Crippen LogP contribution in [0.4, 0.5) is 0 Å². The van der Waals surface area contributed by atoms with Crippen molar-refractivity contribution in [2.45, 2.75) is 27.7 Å². The second-order valence-corrected chi connectivity index (χ2v) is 5.57. The maximum atomic E-state index is 11.1. The number of thiazole rings is 1. The highest BCUT2D eigenvalue weighted by atomic mass is 32.1. The average Bonchev–Trinajstić information content (AvgIpc) is 2.58. The number of aryl methyl sites for hydroxylation is 4. The van der Waals surface area contributed by atoms with E-state index >= 15 is 0 Å². The Hall–Kier alpha value is -1.48. The molecule has 0 aliphatic rings. The number of nitrogens with zero attached hydrogens (tertiary/aromatic N) is 1. The Kier molecular flexibility index (Phi) is 3.11. The van der Waals surface area contributed by atoms with Crippen molar-refractivity contribution in [1.82, 2.24) is 4.98 Å². The van der Waals surface area contributed by atoms with Gasteiger partial charge in [0.05, 0.1) is 15.6 Å². The van der Waals surface area contributed by atoms with Crippen molar-refractivity contribution in [1.29, 1.82) is 0 Å². The van der Waals surface area contributed by atoms with E-state index in [0.717, 1.165) is 27.4 Å². The molecule has 0 N–H and O–H groups in total. The fourth-order valence-electron chi connectivity index (χ4n) is 2.26. The molecule has 0 unspecified atom stereocenters. The summed E-state index contributed by atoms with van der Waals surface area (Å²) in [6.07, 6.45) is 0.902. The van der Waals surface area contributed by atoms with Crippen molar-refractivity contribution in [2.24, 2.45) is 0 Å². The predicted molar refractivity (Wildman–Crippen MR) is 71.9 cm³/mol. The van der Waals surface area contributed by atoms with Gasteiger partial charge < -0.3 is 0 Å². The quantitative estimate of drug-likeness (QED) is 0.752. The lowest BCUT2D eigenvalue weighted by Gasteiger charge is -2.09. The summed E-state index contributed by atoms with van der Waals surface area (Å²) in [7, 11) is 0. The van der Waals surface area contributed by atoms with Crippen LogP contribution in [-0.4, -0.2) is 11.3 Å². The van der Waals surface area contributed by atoms with Crippen LogP contribution in [0.1, 0.15) is 31.4 Å². The minimum absolute atomic E-state index is 0.720. The van der Waals surface area contributed by atoms with E-state index in [1.807, 2.05) is 6.92 Å². The molecule has 88 valence electrons. The zero-order chi connectivity index (χ0) is 12.6. The molecule has 0 saturated heterocycles. The van der Waals surface area contributed by atoms with Crippen LogP contribution in [-0.2, 0) is 0 Å². The van der Waals surface area contributed by atoms with Gasteiger partial charge in [-0.05, 0) is 38.8 Å². The Morgan fingerprint density at radius 2 is 1.71 bits per heavy atom. The topological polar surface area (TPSA) is 30.0 Å². The van der Waals surface area contributed by atoms with Crippen LogP contribution in [0.2, 0.25) is 0 Å². The van der Waals surface area contributed by atoms with Crippen molar-refractivity contribution in [2.75, 3.05) is 0 Å². The van der Waals surface area contributed by atoms with E-state index in [1.165, 1.54) is 28.0 Å². The van der Waals surface area contributed by atoms with E-state index < -0.39 is 0 Å². The van der Waals surface area contributed by atoms with E-state index in [-0.39, 0.29) is 0 Å². The summed E-state index contributed by atoms with van der Waals surface area (Å²) in [6, 6.07) is 4.26. The molecule has 1 aromatic carbocycles. The van der Waals surface area contributed by atoms with Gasteiger partial charge in [0.25, 0.3) is 0 Å². The minimum Gasteiger partial charge on any atom is -0.297 e. The molecule has 0 spiro atoms. The highest BCUT2D eigenvalue weighted by Gasteiger charge is 2.15. The van der Waals surface area contributed by atoms with E-state index in [9.17, 15) is 4.79 Å². The summed E-state index contributed by atoms with van der Waals surface area (Å²) >= 11 is 1.45. The van der Waals surface area contributed by atoms with Crippen LogP contribution in [0.25, 0.3) is 11.3 Å². The highest BCUT2D eigenvalue weighted by Crippen LogP contribution is 2.32. The number of carbonyl (C=O) groups excluding carboxylic acids is 1. The largest absolute Gasteiger partial charge is 0.297 e. The van der Waals surface area contributed by atoms with Gasteiger partial charge in [0.1, 0.15) is 0 Å². The molecule has 0 amide bonds. The first-order valence-electron chi connectivity index (χ1n) is 5.53. The second kappa shape index (κ2) is 4.41. The van der Waals surface area contributed by atoms with E-state index in [0.29, 0.717) is 0 Å². The molecule has 2 aromatic rings. The van der Waals surface area contributed by atoms with Gasteiger partial charge >= 0.3 is 0 Å². The summed E-state index contributed by atoms with van der Waals surface area (Å²) in [5.74, 6) is 0. The Morgan fingerprint density at radius 1 is 1.12 bits per heavy atom. The average molecular weight is 245 g/mol. The Bertz CT molecular complexity index is 561. The molecule has 0 bridgehead atoms. The van der Waals surface area contributed by atoms with Gasteiger partial charge in [-0.25, -0.2) is 4.98 Å². The minimum atomic E-state index is 0.720. The fourth-order valence-corrected chi connectivity index (χ4v) is 3.00. The number of hydrogen-bond acceptors (Lipinski definition) is 3. The molecular formula is C14H15NOS. The second-order valence-electron chi connectivity index (χ2n) is 4.34. The van der Waals surface area contributed by atoms with Crippen molar-refractivity contribution < 1.29 is 4.79 Å². The standard InChI is InChI=1S/C14H15NOS/c1-8-5-9(2)13(10(3)6-8)14-12(7-16)17-11(4)15-14/h5-7H,1-4H3. The number of carbonyl (C=O) groups is 1.